The van der Waals surface area contributed by atoms with E-state index in [1.807, 2.05) is 0 Å². The molecule has 0 amide bonds. The number of nitrogens with zero attached hydrogens (tertiary/aromatic N) is 1. The van der Waals surface area contributed by atoms with Crippen LogP contribution >= 0.6 is 12.2 Å². The molecule has 0 aliphatic carbocycles. The molecule has 20 heavy (non-hydrogen) atoms. The van der Waals surface area contributed by atoms with Crippen LogP contribution in [0, 0.1) is 0 Å². The maximum absolute atomic E-state index is 11.3. The zero-order valence-electron chi connectivity index (χ0n) is 10.6. The molecule has 2 rings (SSSR count). The van der Waals surface area contributed by atoms with E-state index in [4.69, 9.17) is 17.3 Å². The van der Waals surface area contributed by atoms with Crippen LogP contribution in [0.3, 0.4) is 0 Å². The number of thiocarbonyl (C=S) groups is 1. The Morgan fingerprint density at radius 2 is 2.10 bits per heavy atom. The van der Waals surface area contributed by atoms with Crippen LogP contribution in [0.25, 0.3) is 0 Å². The van der Waals surface area contributed by atoms with Gasteiger partial charge >= 0.3 is 0 Å². The Labute approximate surface area is 122 Å². The fraction of sp³-hybridized carbons (Fsp3) is 0.333. The quantitative estimate of drug-likeness (QED) is 0.424. The Hall–Kier alpha value is -1.67. The second kappa shape index (κ2) is 6.19. The molecule has 1 aliphatic heterocycles. The average molecular weight is 313 g/mol. The Morgan fingerprint density at radius 1 is 1.40 bits per heavy atom. The number of hydrazone groups is 1. The highest BCUT2D eigenvalue weighted by Gasteiger charge is 2.27. The van der Waals surface area contributed by atoms with Crippen molar-refractivity contribution in [3.8, 4) is 5.75 Å². The van der Waals surface area contributed by atoms with Crippen molar-refractivity contribution in [3.05, 3.63) is 29.8 Å². The van der Waals surface area contributed by atoms with Gasteiger partial charge in [-0.2, -0.15) is 5.10 Å². The molecule has 0 radical (unpaired) electrons. The molecule has 1 atom stereocenters. The van der Waals surface area contributed by atoms with Gasteiger partial charge in [0.15, 0.2) is 14.9 Å². The van der Waals surface area contributed by atoms with Crippen molar-refractivity contribution in [3.63, 3.8) is 0 Å². The fourth-order valence-electron chi connectivity index (χ4n) is 1.85. The molecule has 1 heterocycles. The summed E-state index contributed by atoms with van der Waals surface area (Å²) in [6.45, 7) is 0. The highest BCUT2D eigenvalue weighted by atomic mass is 32.2. The minimum Gasteiger partial charge on any atom is -0.508 e. The first kappa shape index (κ1) is 14.7. The van der Waals surface area contributed by atoms with Crippen molar-refractivity contribution in [1.29, 1.82) is 0 Å². The highest BCUT2D eigenvalue weighted by Crippen LogP contribution is 2.11. The fourth-order valence-corrected chi connectivity index (χ4v) is 3.75. The molecule has 8 heteroatoms. The number of phenolic OH excluding ortho intramolecular Hbond substituents is 1. The SMILES string of the molecule is O=S1(=O)CCC(NC(=S)NN=Cc2ccc(O)cc2)C1. The lowest BCUT2D eigenvalue weighted by molar-refractivity contribution is 0.475. The van der Waals surface area contributed by atoms with E-state index >= 15 is 0 Å². The van der Waals surface area contributed by atoms with Crippen molar-refractivity contribution in [2.75, 3.05) is 11.5 Å². The third kappa shape index (κ3) is 4.46. The van der Waals surface area contributed by atoms with Crippen LogP contribution in [0.2, 0.25) is 0 Å². The van der Waals surface area contributed by atoms with Crippen molar-refractivity contribution >= 4 is 33.4 Å². The largest absolute Gasteiger partial charge is 0.508 e. The van der Waals surface area contributed by atoms with E-state index < -0.39 is 9.84 Å². The normalized spacial score (nSPS) is 20.9. The summed E-state index contributed by atoms with van der Waals surface area (Å²) in [6, 6.07) is 6.38. The van der Waals surface area contributed by atoms with E-state index in [9.17, 15) is 8.42 Å². The van der Waals surface area contributed by atoms with E-state index in [1.54, 1.807) is 30.5 Å². The minimum atomic E-state index is -2.92. The van der Waals surface area contributed by atoms with Gasteiger partial charge in [0.2, 0.25) is 0 Å². The van der Waals surface area contributed by atoms with Crippen molar-refractivity contribution < 1.29 is 13.5 Å². The zero-order valence-corrected chi connectivity index (χ0v) is 12.2. The Kier molecular flexibility index (Phi) is 4.56. The molecule has 1 unspecified atom stereocenters. The molecule has 0 bridgehead atoms. The van der Waals surface area contributed by atoms with Crippen LogP contribution in [0.1, 0.15) is 12.0 Å². The topological polar surface area (TPSA) is 90.8 Å². The first-order valence-corrected chi connectivity index (χ1v) is 8.27. The summed E-state index contributed by atoms with van der Waals surface area (Å²) in [7, 11) is -2.92. The number of hydrogen-bond acceptors (Lipinski definition) is 5. The number of rotatable bonds is 3. The highest BCUT2D eigenvalue weighted by molar-refractivity contribution is 7.91. The van der Waals surface area contributed by atoms with Gasteiger partial charge in [-0.15, -0.1) is 0 Å². The number of sulfone groups is 1. The van der Waals surface area contributed by atoms with Gasteiger partial charge in [-0.1, -0.05) is 0 Å². The third-order valence-corrected chi connectivity index (χ3v) is 4.82. The van der Waals surface area contributed by atoms with E-state index in [1.165, 1.54) is 0 Å². The summed E-state index contributed by atoms with van der Waals surface area (Å²) in [4.78, 5) is 0. The monoisotopic (exact) mass is 313 g/mol. The Bertz CT molecular complexity index is 611. The van der Waals surface area contributed by atoms with Crippen LogP contribution in [0.5, 0.6) is 5.75 Å². The van der Waals surface area contributed by atoms with Crippen molar-refractivity contribution in [2.24, 2.45) is 5.10 Å². The molecule has 1 fully saturated rings. The Morgan fingerprint density at radius 3 is 2.70 bits per heavy atom. The molecule has 0 aromatic heterocycles. The summed E-state index contributed by atoms with van der Waals surface area (Å²) in [5.41, 5.74) is 3.44. The minimum absolute atomic E-state index is 0.108. The number of hydrogen-bond donors (Lipinski definition) is 3. The van der Waals surface area contributed by atoms with Crippen LogP contribution in [-0.4, -0.2) is 42.4 Å². The molecule has 3 N–H and O–H groups in total. The maximum Gasteiger partial charge on any atom is 0.187 e. The third-order valence-electron chi connectivity index (χ3n) is 2.84. The predicted octanol–water partition coefficient (Wildman–Crippen LogP) is 0.377. The molecular formula is C12H15N3O3S2. The van der Waals surface area contributed by atoms with Gasteiger partial charge in [0, 0.05) is 6.04 Å². The predicted molar refractivity (Wildman–Crippen MR) is 81.6 cm³/mol. The van der Waals surface area contributed by atoms with Gasteiger partial charge < -0.3 is 10.4 Å². The molecule has 1 aromatic carbocycles. The van der Waals surface area contributed by atoms with E-state index in [0.29, 0.717) is 11.5 Å². The summed E-state index contributed by atoms with van der Waals surface area (Å²) >= 11 is 5.03. The van der Waals surface area contributed by atoms with Gasteiger partial charge in [0.05, 0.1) is 17.7 Å². The van der Waals surface area contributed by atoms with Crippen molar-refractivity contribution in [1.82, 2.24) is 10.7 Å². The summed E-state index contributed by atoms with van der Waals surface area (Å²) in [5.74, 6) is 0.496. The maximum atomic E-state index is 11.3. The molecule has 1 aliphatic rings. The summed E-state index contributed by atoms with van der Waals surface area (Å²) in [5, 5.41) is 16.3. The molecule has 0 saturated carbocycles. The standard InChI is InChI=1S/C12H15N3O3S2/c16-11-3-1-9(2-4-11)7-13-15-12(19)14-10-5-6-20(17,18)8-10/h1-4,7,10,16H,5-6,8H2,(H2,14,15,19). The molecule has 1 saturated heterocycles. The first-order valence-electron chi connectivity index (χ1n) is 6.04. The molecule has 108 valence electrons. The van der Waals surface area contributed by atoms with E-state index in [2.05, 4.69) is 15.8 Å². The van der Waals surface area contributed by atoms with Crippen LogP contribution in [0.4, 0.5) is 0 Å². The van der Waals surface area contributed by atoms with Crippen LogP contribution in [-0.2, 0) is 9.84 Å². The van der Waals surface area contributed by atoms with Gasteiger partial charge in [0.25, 0.3) is 0 Å². The van der Waals surface area contributed by atoms with Crippen LogP contribution in [0.15, 0.2) is 29.4 Å². The first-order chi connectivity index (χ1) is 9.44. The zero-order chi connectivity index (χ0) is 14.6. The van der Waals surface area contributed by atoms with Gasteiger partial charge in [-0.25, -0.2) is 8.42 Å². The van der Waals surface area contributed by atoms with Gasteiger partial charge in [0.1, 0.15) is 5.75 Å². The number of benzene rings is 1. The average Bonchev–Trinajstić information content (AvgIpc) is 2.71. The molecular weight excluding hydrogens is 298 g/mol. The van der Waals surface area contributed by atoms with Crippen LogP contribution < -0.4 is 10.7 Å². The van der Waals surface area contributed by atoms with Gasteiger partial charge in [-0.3, -0.25) is 5.43 Å². The second-order valence-corrected chi connectivity index (χ2v) is 7.17. The molecule has 0 spiro atoms. The Balaban J connectivity index is 1.79. The lowest BCUT2D eigenvalue weighted by atomic mass is 10.2. The number of phenols is 1. The smallest absolute Gasteiger partial charge is 0.187 e. The number of aromatic hydroxyl groups is 1. The lowest BCUT2D eigenvalue weighted by Gasteiger charge is -2.11. The molecule has 1 aromatic rings. The number of nitrogens with one attached hydrogen (secondary N) is 2. The van der Waals surface area contributed by atoms with Gasteiger partial charge in [-0.05, 0) is 48.5 Å². The summed E-state index contributed by atoms with van der Waals surface area (Å²) in [6.07, 6.45) is 2.12. The van der Waals surface area contributed by atoms with E-state index in [0.717, 1.165) is 5.56 Å². The molecule has 6 nitrogen and oxygen atoms in total. The second-order valence-electron chi connectivity index (χ2n) is 4.53. The lowest BCUT2D eigenvalue weighted by Crippen LogP contribution is -2.40. The van der Waals surface area contributed by atoms with E-state index in [-0.39, 0.29) is 23.3 Å². The summed E-state index contributed by atoms with van der Waals surface area (Å²) < 4.78 is 22.6. The van der Waals surface area contributed by atoms with Crippen molar-refractivity contribution in [2.45, 2.75) is 12.5 Å².